The lowest BCUT2D eigenvalue weighted by Crippen LogP contribution is -2.19. The van der Waals surface area contributed by atoms with Gasteiger partial charge in [-0.2, -0.15) is 0 Å². The second kappa shape index (κ2) is 7.05. The molecule has 4 heteroatoms. The van der Waals surface area contributed by atoms with Gasteiger partial charge >= 0.3 is 0 Å². The van der Waals surface area contributed by atoms with Crippen LogP contribution in [0.15, 0.2) is 12.1 Å². The first-order chi connectivity index (χ1) is 7.61. The van der Waals surface area contributed by atoms with Crippen molar-refractivity contribution in [1.29, 1.82) is 0 Å². The zero-order valence-electron chi connectivity index (χ0n) is 9.83. The number of ketones is 1. The topological polar surface area (TPSA) is 20.3 Å². The number of rotatable bonds is 7. The van der Waals surface area contributed by atoms with Crippen LogP contribution >= 0.6 is 22.9 Å². The number of carbonyl (C=O) groups excluding carboxylic acids is 1. The molecule has 2 nitrogen and oxygen atoms in total. The van der Waals surface area contributed by atoms with E-state index in [9.17, 15) is 4.79 Å². The Labute approximate surface area is 106 Å². The summed E-state index contributed by atoms with van der Waals surface area (Å²) in [4.78, 5) is 14.6. The van der Waals surface area contributed by atoms with Crippen molar-refractivity contribution >= 4 is 28.7 Å². The maximum Gasteiger partial charge on any atom is 0.132 e. The zero-order chi connectivity index (χ0) is 12.0. The summed E-state index contributed by atoms with van der Waals surface area (Å²) in [5, 5.41) is 0. The summed E-state index contributed by atoms with van der Waals surface area (Å²) in [6.45, 7) is 3.79. The molecule has 0 aliphatic rings. The lowest BCUT2D eigenvalue weighted by atomic mass is 10.2. The van der Waals surface area contributed by atoms with E-state index in [4.69, 9.17) is 11.6 Å². The molecule has 1 heterocycles. The number of hydrogen-bond donors (Lipinski definition) is 0. The van der Waals surface area contributed by atoms with Crippen LogP contribution in [0, 0.1) is 0 Å². The predicted octanol–water partition coefficient (Wildman–Crippen LogP) is 3.59. The van der Waals surface area contributed by atoms with Crippen molar-refractivity contribution in [3.8, 4) is 0 Å². The van der Waals surface area contributed by atoms with Gasteiger partial charge in [-0.05, 0) is 32.1 Å². The molecular formula is C12H18ClNOS. The lowest BCUT2D eigenvalue weighted by Gasteiger charge is -2.14. The van der Waals surface area contributed by atoms with Gasteiger partial charge in [0.1, 0.15) is 5.78 Å². The van der Waals surface area contributed by atoms with Gasteiger partial charge in [-0.3, -0.25) is 4.79 Å². The molecule has 0 radical (unpaired) electrons. The summed E-state index contributed by atoms with van der Waals surface area (Å²) in [5.41, 5.74) is 0. The van der Waals surface area contributed by atoms with E-state index in [1.807, 2.05) is 13.0 Å². The van der Waals surface area contributed by atoms with Gasteiger partial charge in [0.25, 0.3) is 0 Å². The molecule has 0 aromatic carbocycles. The van der Waals surface area contributed by atoms with Crippen molar-refractivity contribution in [2.75, 3.05) is 13.6 Å². The molecule has 0 amide bonds. The van der Waals surface area contributed by atoms with Gasteiger partial charge in [0.05, 0.1) is 4.34 Å². The Morgan fingerprint density at radius 2 is 2.25 bits per heavy atom. The van der Waals surface area contributed by atoms with Crippen LogP contribution in [0.2, 0.25) is 4.34 Å². The average Bonchev–Trinajstić information content (AvgIpc) is 2.63. The highest BCUT2D eigenvalue weighted by atomic mass is 35.5. The van der Waals surface area contributed by atoms with Crippen LogP contribution < -0.4 is 0 Å². The maximum absolute atomic E-state index is 11.1. The van der Waals surface area contributed by atoms with Gasteiger partial charge in [-0.25, -0.2) is 0 Å². The molecule has 0 N–H and O–H groups in total. The summed E-state index contributed by atoms with van der Waals surface area (Å²) in [7, 11) is 2.07. The number of thiophene rings is 1. The van der Waals surface area contributed by atoms with Crippen LogP contribution in [0.5, 0.6) is 0 Å². The molecular weight excluding hydrogens is 242 g/mol. The van der Waals surface area contributed by atoms with E-state index in [1.54, 1.807) is 11.3 Å². The van der Waals surface area contributed by atoms with Gasteiger partial charge in [0.2, 0.25) is 0 Å². The predicted molar refractivity (Wildman–Crippen MR) is 70.2 cm³/mol. The quantitative estimate of drug-likeness (QED) is 0.746. The van der Waals surface area contributed by atoms with E-state index in [-0.39, 0.29) is 0 Å². The largest absolute Gasteiger partial charge is 0.301 e. The van der Waals surface area contributed by atoms with Gasteiger partial charge < -0.3 is 4.90 Å². The molecule has 0 bridgehead atoms. The smallest absolute Gasteiger partial charge is 0.132 e. The maximum atomic E-state index is 11.1. The van der Waals surface area contributed by atoms with Crippen molar-refractivity contribution in [3.63, 3.8) is 0 Å². The van der Waals surface area contributed by atoms with E-state index in [0.29, 0.717) is 18.6 Å². The molecule has 0 aliphatic heterocycles. The number of hydrogen-bond acceptors (Lipinski definition) is 3. The number of Topliss-reactive ketones (excluding diaryl/α,β-unsaturated/α-hetero) is 1. The fourth-order valence-electron chi connectivity index (χ4n) is 1.50. The summed E-state index contributed by atoms with van der Waals surface area (Å²) >= 11 is 7.48. The van der Waals surface area contributed by atoms with Crippen LogP contribution in [-0.4, -0.2) is 24.3 Å². The second-order valence-electron chi connectivity index (χ2n) is 3.94. The third-order valence-electron chi connectivity index (χ3n) is 2.44. The zero-order valence-corrected chi connectivity index (χ0v) is 11.4. The molecule has 90 valence electrons. The number of halogens is 1. The Morgan fingerprint density at radius 1 is 1.50 bits per heavy atom. The molecule has 0 aliphatic carbocycles. The molecule has 0 saturated heterocycles. The van der Waals surface area contributed by atoms with Crippen LogP contribution in [0.25, 0.3) is 0 Å². The molecule has 0 fully saturated rings. The summed E-state index contributed by atoms with van der Waals surface area (Å²) < 4.78 is 0.838. The van der Waals surface area contributed by atoms with Crippen LogP contribution in [0.3, 0.4) is 0 Å². The fraction of sp³-hybridized carbons (Fsp3) is 0.583. The van der Waals surface area contributed by atoms with E-state index in [2.05, 4.69) is 18.0 Å². The highest BCUT2D eigenvalue weighted by Crippen LogP contribution is 2.22. The van der Waals surface area contributed by atoms with Crippen LogP contribution in [-0.2, 0) is 11.3 Å². The number of nitrogens with zero attached hydrogens (tertiary/aromatic N) is 1. The first-order valence-corrected chi connectivity index (χ1v) is 6.75. The molecule has 0 unspecified atom stereocenters. The van der Waals surface area contributed by atoms with Crippen molar-refractivity contribution in [3.05, 3.63) is 21.3 Å². The lowest BCUT2D eigenvalue weighted by molar-refractivity contribution is -0.118. The van der Waals surface area contributed by atoms with Gasteiger partial charge in [-0.15, -0.1) is 11.3 Å². The molecule has 0 saturated carbocycles. The monoisotopic (exact) mass is 259 g/mol. The van der Waals surface area contributed by atoms with Crippen molar-refractivity contribution in [2.24, 2.45) is 0 Å². The Hall–Kier alpha value is -0.380. The minimum absolute atomic E-state index is 0.354. The third kappa shape index (κ3) is 5.10. The van der Waals surface area contributed by atoms with Crippen molar-refractivity contribution in [2.45, 2.75) is 32.7 Å². The van der Waals surface area contributed by atoms with E-state index in [0.717, 1.165) is 23.8 Å². The Bertz CT molecular complexity index is 338. The first-order valence-electron chi connectivity index (χ1n) is 5.56. The summed E-state index contributed by atoms with van der Waals surface area (Å²) in [6.07, 6.45) is 2.30. The molecule has 1 aromatic heterocycles. The number of carbonyl (C=O) groups is 1. The normalized spacial score (nSPS) is 11.0. The minimum Gasteiger partial charge on any atom is -0.301 e. The van der Waals surface area contributed by atoms with Gasteiger partial charge in [0.15, 0.2) is 0 Å². The highest BCUT2D eigenvalue weighted by molar-refractivity contribution is 7.16. The molecule has 1 rings (SSSR count). The summed E-state index contributed by atoms with van der Waals surface area (Å²) in [5.74, 6) is 0.354. The van der Waals surface area contributed by atoms with E-state index >= 15 is 0 Å². The fourth-order valence-corrected chi connectivity index (χ4v) is 2.67. The van der Waals surface area contributed by atoms with E-state index in [1.165, 1.54) is 4.88 Å². The summed E-state index contributed by atoms with van der Waals surface area (Å²) in [6, 6.07) is 3.98. The van der Waals surface area contributed by atoms with Crippen molar-refractivity contribution in [1.82, 2.24) is 4.90 Å². The molecule has 1 aromatic rings. The first kappa shape index (κ1) is 13.7. The van der Waals surface area contributed by atoms with Gasteiger partial charge in [-0.1, -0.05) is 18.5 Å². The van der Waals surface area contributed by atoms with Crippen molar-refractivity contribution < 1.29 is 4.79 Å². The Morgan fingerprint density at radius 3 is 2.81 bits per heavy atom. The average molecular weight is 260 g/mol. The molecule has 0 atom stereocenters. The molecule has 0 spiro atoms. The Balaban J connectivity index is 2.20. The van der Waals surface area contributed by atoms with E-state index < -0.39 is 0 Å². The standard InChI is InChI=1S/C12H18ClNOS/c1-3-10(15)5-4-8-14(2)9-11-6-7-12(13)16-11/h6-7H,3-5,8-9H2,1-2H3. The SMILES string of the molecule is CCC(=O)CCCN(C)Cc1ccc(Cl)s1. The van der Waals surface area contributed by atoms with Crippen LogP contribution in [0.1, 0.15) is 31.1 Å². The second-order valence-corrected chi connectivity index (χ2v) is 5.74. The van der Waals surface area contributed by atoms with Crippen LogP contribution in [0.4, 0.5) is 0 Å². The van der Waals surface area contributed by atoms with Gasteiger partial charge in [0, 0.05) is 24.3 Å². The molecule has 16 heavy (non-hydrogen) atoms. The Kier molecular flexibility index (Phi) is 6.03. The third-order valence-corrected chi connectivity index (χ3v) is 3.66. The minimum atomic E-state index is 0.354. The highest BCUT2D eigenvalue weighted by Gasteiger charge is 2.04.